The molecule has 0 aliphatic carbocycles. The van der Waals surface area contributed by atoms with Gasteiger partial charge in [0.2, 0.25) is 0 Å². The summed E-state index contributed by atoms with van der Waals surface area (Å²) in [5.74, 6) is 0.752. The maximum Gasteiger partial charge on any atom is 0.128 e. The van der Waals surface area contributed by atoms with Crippen molar-refractivity contribution >= 4 is 11.9 Å². The first-order valence-electron chi connectivity index (χ1n) is 17.8. The zero-order valence-corrected chi connectivity index (χ0v) is 30.9. The van der Waals surface area contributed by atoms with Crippen LogP contribution in [0.4, 0.5) is 5.69 Å². The number of ether oxygens (including phenoxy) is 1. The minimum absolute atomic E-state index is 0.121. The normalized spacial score (nSPS) is 12.2. The number of nitrogens with zero attached hydrogens (tertiary/aromatic N) is 1. The van der Waals surface area contributed by atoms with Gasteiger partial charge in [0.25, 0.3) is 0 Å². The Hall–Kier alpha value is -5.41. The van der Waals surface area contributed by atoms with Crippen LogP contribution in [-0.2, 0) is 10.8 Å². The van der Waals surface area contributed by atoms with Crippen molar-refractivity contribution in [2.75, 3.05) is 7.11 Å². The van der Waals surface area contributed by atoms with Gasteiger partial charge in [-0.1, -0.05) is 169 Å². The molecular formula is C48H49NO2. The molecule has 0 unspecified atom stereocenters. The van der Waals surface area contributed by atoms with Gasteiger partial charge in [0, 0.05) is 29.2 Å². The molecule has 0 bridgehead atoms. The minimum Gasteiger partial charge on any atom is -0.507 e. The zero-order chi connectivity index (χ0) is 36.2. The van der Waals surface area contributed by atoms with Crippen LogP contribution >= 0.6 is 0 Å². The Bertz CT molecular complexity index is 1910. The highest BCUT2D eigenvalue weighted by molar-refractivity contribution is 5.88. The van der Waals surface area contributed by atoms with Crippen molar-refractivity contribution in [2.45, 2.75) is 64.2 Å². The van der Waals surface area contributed by atoms with Crippen LogP contribution in [0.15, 0.2) is 151 Å². The lowest BCUT2D eigenvalue weighted by atomic mass is 9.78. The van der Waals surface area contributed by atoms with Gasteiger partial charge in [-0.05, 0) is 68.0 Å². The van der Waals surface area contributed by atoms with E-state index in [-0.39, 0.29) is 28.4 Å². The van der Waals surface area contributed by atoms with E-state index in [9.17, 15) is 5.11 Å². The highest BCUT2D eigenvalue weighted by atomic mass is 16.5. The highest BCUT2D eigenvalue weighted by Crippen LogP contribution is 2.47. The van der Waals surface area contributed by atoms with Crippen molar-refractivity contribution in [3.05, 3.63) is 196 Å². The molecule has 0 atom stereocenters. The summed E-state index contributed by atoms with van der Waals surface area (Å²) in [5, 5.41) is 11.8. The van der Waals surface area contributed by atoms with E-state index in [1.807, 2.05) is 6.21 Å². The van der Waals surface area contributed by atoms with Crippen molar-refractivity contribution in [3.63, 3.8) is 0 Å². The van der Waals surface area contributed by atoms with Gasteiger partial charge in [0.15, 0.2) is 0 Å². The molecule has 3 heteroatoms. The summed E-state index contributed by atoms with van der Waals surface area (Å²) in [4.78, 5) is 5.46. The van der Waals surface area contributed by atoms with E-state index in [1.165, 1.54) is 0 Å². The van der Waals surface area contributed by atoms with Crippen LogP contribution in [0.5, 0.6) is 11.5 Å². The van der Waals surface area contributed by atoms with Gasteiger partial charge >= 0.3 is 0 Å². The molecule has 6 aromatic rings. The fourth-order valence-corrected chi connectivity index (χ4v) is 6.94. The van der Waals surface area contributed by atoms with Gasteiger partial charge in [-0.3, -0.25) is 4.99 Å². The van der Waals surface area contributed by atoms with Crippen LogP contribution in [0, 0.1) is 0 Å². The number of aromatic hydroxyl groups is 1. The van der Waals surface area contributed by atoms with Crippen LogP contribution in [0.1, 0.15) is 103 Å². The summed E-state index contributed by atoms with van der Waals surface area (Å²) in [5.41, 5.74) is 9.90. The first-order valence-corrected chi connectivity index (χ1v) is 17.8. The molecule has 0 radical (unpaired) electrons. The summed E-state index contributed by atoms with van der Waals surface area (Å²) < 4.78 is 6.09. The molecule has 0 saturated carbocycles. The Morgan fingerprint density at radius 1 is 0.549 bits per heavy atom. The molecule has 0 spiro atoms. The van der Waals surface area contributed by atoms with Crippen LogP contribution < -0.4 is 4.74 Å². The second kappa shape index (κ2) is 14.8. The van der Waals surface area contributed by atoms with Gasteiger partial charge in [0.1, 0.15) is 11.5 Å². The fourth-order valence-electron chi connectivity index (χ4n) is 6.94. The molecule has 51 heavy (non-hydrogen) atoms. The quantitative estimate of drug-likeness (QED) is 0.123. The fraction of sp³-hybridized carbons (Fsp3) is 0.229. The third kappa shape index (κ3) is 7.84. The Morgan fingerprint density at radius 2 is 0.941 bits per heavy atom. The van der Waals surface area contributed by atoms with E-state index in [0.717, 1.165) is 55.9 Å². The third-order valence-electron chi connectivity index (χ3n) is 9.68. The Labute approximate surface area is 304 Å². The number of methoxy groups -OCH3 is 1. The number of aliphatic imine (C=N–C) groups is 1. The first-order chi connectivity index (χ1) is 24.5. The molecule has 3 nitrogen and oxygen atoms in total. The van der Waals surface area contributed by atoms with Crippen molar-refractivity contribution in [1.29, 1.82) is 0 Å². The van der Waals surface area contributed by atoms with Crippen molar-refractivity contribution in [2.24, 2.45) is 4.99 Å². The second-order valence-electron chi connectivity index (χ2n) is 15.4. The lowest BCUT2D eigenvalue weighted by Gasteiger charge is -2.28. The molecule has 0 aliphatic rings. The molecule has 258 valence electrons. The SMILES string of the molecule is COc1cc(C(c2ccccc2)c2ccccc2)c(N=Cc2cc(C(C)(C)C)cc(C(C)(C)C)c2O)c(C(c2ccccc2)c2ccccc2)c1. The molecule has 6 aromatic carbocycles. The summed E-state index contributed by atoms with van der Waals surface area (Å²) in [6.45, 7) is 13.1. The molecule has 0 saturated heterocycles. The number of hydrogen-bond donors (Lipinski definition) is 1. The van der Waals surface area contributed by atoms with Crippen LogP contribution in [0.3, 0.4) is 0 Å². The summed E-state index contributed by atoms with van der Waals surface area (Å²) in [6, 6.07) is 51.0. The maximum absolute atomic E-state index is 11.8. The Kier molecular flexibility index (Phi) is 10.3. The standard InChI is InChI=1S/C48H49NO2/c1-47(2,3)38-28-37(46(50)42(29-38)48(4,5)6)32-49-45-40(43(33-20-12-8-13-21-33)34-22-14-9-15-23-34)30-39(51-7)31-41(45)44(35-24-16-10-17-25-35)36-26-18-11-19-27-36/h8-32,43-44,50H,1-7H3. The molecular weight excluding hydrogens is 623 g/mol. The van der Waals surface area contributed by atoms with E-state index in [2.05, 4.69) is 187 Å². The number of hydrogen-bond acceptors (Lipinski definition) is 3. The average Bonchev–Trinajstić information content (AvgIpc) is 3.12. The molecule has 0 aromatic heterocycles. The summed E-state index contributed by atoms with van der Waals surface area (Å²) >= 11 is 0. The van der Waals surface area contributed by atoms with E-state index in [1.54, 1.807) is 7.11 Å². The highest BCUT2D eigenvalue weighted by Gasteiger charge is 2.29. The van der Waals surface area contributed by atoms with Gasteiger partial charge < -0.3 is 9.84 Å². The Morgan fingerprint density at radius 3 is 1.27 bits per heavy atom. The van der Waals surface area contributed by atoms with Gasteiger partial charge in [-0.2, -0.15) is 0 Å². The molecule has 6 rings (SSSR count). The molecule has 0 aliphatic heterocycles. The lowest BCUT2D eigenvalue weighted by molar-refractivity contribution is 0.413. The number of rotatable bonds is 9. The van der Waals surface area contributed by atoms with Gasteiger partial charge in [-0.25, -0.2) is 0 Å². The summed E-state index contributed by atoms with van der Waals surface area (Å²) in [6.07, 6.45) is 1.87. The smallest absolute Gasteiger partial charge is 0.128 e. The van der Waals surface area contributed by atoms with Crippen LogP contribution in [0.25, 0.3) is 0 Å². The van der Waals surface area contributed by atoms with E-state index < -0.39 is 0 Å². The minimum atomic E-state index is -0.262. The first kappa shape index (κ1) is 35.4. The van der Waals surface area contributed by atoms with Gasteiger partial charge in [0.05, 0.1) is 12.8 Å². The largest absolute Gasteiger partial charge is 0.507 e. The van der Waals surface area contributed by atoms with Crippen molar-refractivity contribution in [3.8, 4) is 11.5 Å². The second-order valence-corrected chi connectivity index (χ2v) is 15.4. The third-order valence-corrected chi connectivity index (χ3v) is 9.68. The van der Waals surface area contributed by atoms with Crippen molar-refractivity contribution in [1.82, 2.24) is 0 Å². The van der Waals surface area contributed by atoms with Crippen LogP contribution in [-0.4, -0.2) is 18.4 Å². The van der Waals surface area contributed by atoms with Crippen LogP contribution in [0.2, 0.25) is 0 Å². The summed E-state index contributed by atoms with van der Waals surface area (Å²) in [7, 11) is 1.73. The predicted octanol–water partition coefficient (Wildman–Crippen LogP) is 12.1. The molecule has 0 amide bonds. The molecule has 0 heterocycles. The molecule has 0 fully saturated rings. The predicted molar refractivity (Wildman–Crippen MR) is 213 cm³/mol. The average molecular weight is 672 g/mol. The maximum atomic E-state index is 11.8. The number of phenolic OH excluding ortho intramolecular Hbond substituents is 1. The zero-order valence-electron chi connectivity index (χ0n) is 30.9. The Balaban J connectivity index is 1.71. The van der Waals surface area contributed by atoms with E-state index >= 15 is 0 Å². The number of benzene rings is 6. The number of phenols is 1. The lowest BCUT2D eigenvalue weighted by Crippen LogP contribution is -2.17. The topological polar surface area (TPSA) is 41.8 Å². The monoisotopic (exact) mass is 671 g/mol. The van der Waals surface area contributed by atoms with Gasteiger partial charge in [-0.15, -0.1) is 0 Å². The van der Waals surface area contributed by atoms with Crippen molar-refractivity contribution < 1.29 is 9.84 Å². The molecule has 1 N–H and O–H groups in total. The van der Waals surface area contributed by atoms with E-state index in [0.29, 0.717) is 5.56 Å². The van der Waals surface area contributed by atoms with E-state index in [4.69, 9.17) is 9.73 Å².